The lowest BCUT2D eigenvalue weighted by Gasteiger charge is -2.28. The fraction of sp³-hybridized carbons (Fsp3) is 0.429. The maximum Gasteiger partial charge on any atom is 0.163 e. The Balaban J connectivity index is 1.59. The number of halogens is 2. The molecule has 1 aliphatic heterocycles. The van der Waals surface area contributed by atoms with E-state index in [4.69, 9.17) is 37.4 Å². The van der Waals surface area contributed by atoms with Gasteiger partial charge in [-0.1, -0.05) is 23.2 Å². The molecule has 0 unspecified atom stereocenters. The van der Waals surface area contributed by atoms with Gasteiger partial charge in [-0.2, -0.15) is 5.26 Å². The molecule has 1 aliphatic rings. The van der Waals surface area contributed by atoms with Crippen molar-refractivity contribution in [3.8, 4) is 23.3 Å². The number of likely N-dealkylation sites (tertiary alicyclic amines) is 1. The fourth-order valence-corrected chi connectivity index (χ4v) is 5.13. The first-order valence-electron chi connectivity index (χ1n) is 12.5. The van der Waals surface area contributed by atoms with E-state index in [0.29, 0.717) is 68.3 Å². The first kappa shape index (κ1) is 27.1. The van der Waals surface area contributed by atoms with Crippen LogP contribution in [0.5, 0.6) is 17.2 Å². The van der Waals surface area contributed by atoms with Crippen LogP contribution in [0.1, 0.15) is 38.2 Å². The Hall–Kier alpha value is -2.92. The number of fused-ring (bicyclic) bond motifs is 1. The van der Waals surface area contributed by atoms with Crippen LogP contribution in [0.15, 0.2) is 30.5 Å². The Bertz CT molecular complexity index is 1290. The Labute approximate surface area is 228 Å². The van der Waals surface area contributed by atoms with Crippen molar-refractivity contribution in [1.29, 1.82) is 5.26 Å². The molecule has 0 amide bonds. The standard InChI is InChI=1S/C28H32Cl2N4O3/c1-4-36-26-12-20-23(14-27(26)37-11-5-6-18-7-9-34(2)10-8-18)32-17-19(16-31)28(20)33-24-15-25(35-3)22(30)13-21(24)29/h12-15,17-18H,4-11H2,1-3H3,(H,32,33). The number of rotatable bonds is 10. The summed E-state index contributed by atoms with van der Waals surface area (Å²) in [5.41, 5.74) is 2.16. The Morgan fingerprint density at radius 1 is 1.08 bits per heavy atom. The molecule has 1 saturated heterocycles. The Morgan fingerprint density at radius 2 is 1.84 bits per heavy atom. The number of methoxy groups -OCH3 is 1. The summed E-state index contributed by atoms with van der Waals surface area (Å²) in [7, 11) is 3.72. The molecule has 0 atom stereocenters. The van der Waals surface area contributed by atoms with E-state index < -0.39 is 0 Å². The zero-order valence-electron chi connectivity index (χ0n) is 21.4. The maximum atomic E-state index is 9.80. The number of ether oxygens (including phenoxy) is 3. The third kappa shape index (κ3) is 6.51. The van der Waals surface area contributed by atoms with Crippen LogP contribution in [0.4, 0.5) is 11.4 Å². The number of nitrogens with one attached hydrogen (secondary N) is 1. The Morgan fingerprint density at radius 3 is 2.54 bits per heavy atom. The second-order valence-corrected chi connectivity index (χ2v) is 10.1. The lowest BCUT2D eigenvalue weighted by Crippen LogP contribution is -2.30. The number of hydrogen-bond acceptors (Lipinski definition) is 7. The van der Waals surface area contributed by atoms with Crippen molar-refractivity contribution in [2.24, 2.45) is 5.92 Å². The number of benzene rings is 2. The monoisotopic (exact) mass is 542 g/mol. The third-order valence-electron chi connectivity index (χ3n) is 6.71. The molecular weight excluding hydrogens is 511 g/mol. The van der Waals surface area contributed by atoms with Crippen molar-refractivity contribution in [2.75, 3.05) is 45.8 Å². The first-order valence-corrected chi connectivity index (χ1v) is 13.3. The van der Waals surface area contributed by atoms with E-state index in [-0.39, 0.29) is 0 Å². The molecule has 1 fully saturated rings. The highest BCUT2D eigenvalue weighted by atomic mass is 35.5. The molecule has 1 N–H and O–H groups in total. The summed E-state index contributed by atoms with van der Waals surface area (Å²) in [5, 5.41) is 14.6. The number of aromatic nitrogens is 1. The number of piperidine rings is 1. The summed E-state index contributed by atoms with van der Waals surface area (Å²) in [6, 6.07) is 9.24. The molecule has 4 rings (SSSR count). The SMILES string of the molecule is CCOc1cc2c(Nc3cc(OC)c(Cl)cc3Cl)c(C#N)cnc2cc1OCCCC1CCN(C)CC1. The molecule has 2 heterocycles. The first-order chi connectivity index (χ1) is 17.9. The average Bonchev–Trinajstić information content (AvgIpc) is 2.89. The fourth-order valence-electron chi connectivity index (χ4n) is 4.62. The lowest BCUT2D eigenvalue weighted by molar-refractivity contribution is 0.199. The highest BCUT2D eigenvalue weighted by Gasteiger charge is 2.18. The number of nitriles is 1. The normalized spacial score (nSPS) is 14.4. The van der Waals surface area contributed by atoms with Gasteiger partial charge in [0.1, 0.15) is 11.8 Å². The van der Waals surface area contributed by atoms with Gasteiger partial charge in [-0.15, -0.1) is 0 Å². The van der Waals surface area contributed by atoms with Crippen LogP contribution in [-0.2, 0) is 0 Å². The zero-order chi connectivity index (χ0) is 26.4. The van der Waals surface area contributed by atoms with Crippen LogP contribution in [0.3, 0.4) is 0 Å². The molecule has 0 spiro atoms. The summed E-state index contributed by atoms with van der Waals surface area (Å²) in [5.74, 6) is 2.48. The third-order valence-corrected chi connectivity index (χ3v) is 7.32. The quantitative estimate of drug-likeness (QED) is 0.274. The van der Waals surface area contributed by atoms with Crippen LogP contribution in [0, 0.1) is 17.2 Å². The van der Waals surface area contributed by atoms with Crippen molar-refractivity contribution in [1.82, 2.24) is 9.88 Å². The van der Waals surface area contributed by atoms with E-state index in [1.807, 2.05) is 19.1 Å². The topological polar surface area (TPSA) is 79.6 Å². The van der Waals surface area contributed by atoms with Gasteiger partial charge in [0.05, 0.1) is 52.8 Å². The van der Waals surface area contributed by atoms with E-state index in [0.717, 1.165) is 18.8 Å². The second-order valence-electron chi connectivity index (χ2n) is 9.24. The minimum Gasteiger partial charge on any atom is -0.495 e. The van der Waals surface area contributed by atoms with Gasteiger partial charge in [0, 0.05) is 23.7 Å². The number of hydrogen-bond donors (Lipinski definition) is 1. The van der Waals surface area contributed by atoms with Crippen molar-refractivity contribution in [3.05, 3.63) is 46.1 Å². The second kappa shape index (κ2) is 12.6. The molecule has 0 saturated carbocycles. The summed E-state index contributed by atoms with van der Waals surface area (Å²) >= 11 is 12.6. The Kier molecular flexibility index (Phi) is 9.20. The summed E-state index contributed by atoms with van der Waals surface area (Å²) < 4.78 is 17.4. The van der Waals surface area contributed by atoms with Gasteiger partial charge in [0.15, 0.2) is 11.5 Å². The van der Waals surface area contributed by atoms with Crippen molar-refractivity contribution in [3.63, 3.8) is 0 Å². The van der Waals surface area contributed by atoms with Crippen molar-refractivity contribution >= 4 is 45.5 Å². The van der Waals surface area contributed by atoms with E-state index in [2.05, 4.69) is 28.3 Å². The summed E-state index contributed by atoms with van der Waals surface area (Å²) in [6.45, 7) is 5.36. The van der Waals surface area contributed by atoms with E-state index in [1.165, 1.54) is 39.2 Å². The highest BCUT2D eigenvalue weighted by Crippen LogP contribution is 2.40. The van der Waals surface area contributed by atoms with Gasteiger partial charge >= 0.3 is 0 Å². The minimum atomic E-state index is 0.367. The summed E-state index contributed by atoms with van der Waals surface area (Å²) in [4.78, 5) is 6.90. The van der Waals surface area contributed by atoms with E-state index in [9.17, 15) is 5.26 Å². The molecule has 37 heavy (non-hydrogen) atoms. The highest BCUT2D eigenvalue weighted by molar-refractivity contribution is 6.37. The van der Waals surface area contributed by atoms with Crippen molar-refractivity contribution in [2.45, 2.75) is 32.6 Å². The van der Waals surface area contributed by atoms with Gasteiger partial charge in [0.2, 0.25) is 0 Å². The lowest BCUT2D eigenvalue weighted by atomic mass is 9.93. The van der Waals surface area contributed by atoms with Crippen LogP contribution in [-0.4, -0.2) is 50.3 Å². The predicted octanol–water partition coefficient (Wildman–Crippen LogP) is 7.06. The average molecular weight is 543 g/mol. The molecule has 2 aromatic carbocycles. The van der Waals surface area contributed by atoms with Gasteiger partial charge < -0.3 is 24.4 Å². The largest absolute Gasteiger partial charge is 0.495 e. The number of anilines is 2. The van der Waals surface area contributed by atoms with E-state index >= 15 is 0 Å². The molecule has 7 nitrogen and oxygen atoms in total. The maximum absolute atomic E-state index is 9.80. The molecule has 0 radical (unpaired) electrons. The van der Waals surface area contributed by atoms with E-state index in [1.54, 1.807) is 12.1 Å². The van der Waals surface area contributed by atoms with Crippen molar-refractivity contribution < 1.29 is 14.2 Å². The van der Waals surface area contributed by atoms with Gasteiger partial charge in [-0.25, -0.2) is 0 Å². The zero-order valence-corrected chi connectivity index (χ0v) is 23.0. The molecule has 0 aliphatic carbocycles. The molecular formula is C28H32Cl2N4O3. The number of nitrogens with zero attached hydrogens (tertiary/aromatic N) is 3. The van der Waals surface area contributed by atoms with Crippen LogP contribution in [0.2, 0.25) is 10.0 Å². The molecule has 196 valence electrons. The van der Waals surface area contributed by atoms with Gasteiger partial charge in [-0.3, -0.25) is 4.98 Å². The predicted molar refractivity (Wildman–Crippen MR) is 149 cm³/mol. The van der Waals surface area contributed by atoms with Crippen LogP contribution < -0.4 is 19.5 Å². The molecule has 0 bridgehead atoms. The molecule has 9 heteroatoms. The summed E-state index contributed by atoms with van der Waals surface area (Å²) in [6.07, 6.45) is 6.19. The number of pyridine rings is 1. The smallest absolute Gasteiger partial charge is 0.163 e. The van der Waals surface area contributed by atoms with Crippen LogP contribution >= 0.6 is 23.2 Å². The molecule has 1 aromatic heterocycles. The minimum absolute atomic E-state index is 0.367. The van der Waals surface area contributed by atoms with Crippen LogP contribution in [0.25, 0.3) is 10.9 Å². The van der Waals surface area contributed by atoms with Gasteiger partial charge in [0.25, 0.3) is 0 Å². The van der Waals surface area contributed by atoms with Gasteiger partial charge in [-0.05, 0) is 70.8 Å². The molecule has 3 aromatic rings.